The predicted octanol–water partition coefficient (Wildman–Crippen LogP) is 6.22. The van der Waals surface area contributed by atoms with Crippen molar-refractivity contribution < 1.29 is 9.53 Å². The number of nitrogens with zero attached hydrogens (tertiary/aromatic N) is 1. The number of likely N-dealkylation sites (tertiary alicyclic amines) is 1. The van der Waals surface area contributed by atoms with E-state index in [-0.39, 0.29) is 11.4 Å². The molecule has 1 heterocycles. The van der Waals surface area contributed by atoms with Crippen molar-refractivity contribution in [3.05, 3.63) is 113 Å². The van der Waals surface area contributed by atoms with Crippen LogP contribution in [0.15, 0.2) is 91.0 Å². The molecule has 6 rings (SSSR count). The van der Waals surface area contributed by atoms with Crippen LogP contribution in [-0.4, -0.2) is 30.0 Å². The third kappa shape index (κ3) is 4.49. The molecule has 1 aliphatic carbocycles. The van der Waals surface area contributed by atoms with Crippen LogP contribution in [0.2, 0.25) is 0 Å². The number of carbonyl (C=O) groups excluding carboxylic acids is 1. The molecule has 4 aromatic carbocycles. The van der Waals surface area contributed by atoms with Gasteiger partial charge >= 0.3 is 0 Å². The Morgan fingerprint density at radius 1 is 0.972 bits per heavy atom. The molecule has 4 nitrogen and oxygen atoms in total. The summed E-state index contributed by atoms with van der Waals surface area (Å²) in [4.78, 5) is 15.9. The third-order valence-corrected chi connectivity index (χ3v) is 7.80. The molecule has 4 heteroatoms. The average Bonchev–Trinajstić information content (AvgIpc) is 3.68. The Hall–Kier alpha value is -3.63. The summed E-state index contributed by atoms with van der Waals surface area (Å²) in [6.07, 6.45) is 3.06. The second kappa shape index (κ2) is 9.44. The van der Waals surface area contributed by atoms with Crippen molar-refractivity contribution in [3.63, 3.8) is 0 Å². The largest absolute Gasteiger partial charge is 0.492 e. The topological polar surface area (TPSA) is 41.6 Å². The van der Waals surface area contributed by atoms with Gasteiger partial charge in [-0.05, 0) is 65.8 Å². The third-order valence-electron chi connectivity index (χ3n) is 7.80. The fraction of sp³-hybridized carbons (Fsp3) is 0.281. The molecule has 0 bridgehead atoms. The molecule has 1 atom stereocenters. The maximum Gasteiger partial charge on any atom is 0.252 e. The number of hydrogen-bond acceptors (Lipinski definition) is 3. The van der Waals surface area contributed by atoms with E-state index in [1.54, 1.807) is 0 Å². The van der Waals surface area contributed by atoms with Gasteiger partial charge in [0.15, 0.2) is 0 Å². The molecule has 1 aliphatic heterocycles. The summed E-state index contributed by atoms with van der Waals surface area (Å²) in [5.74, 6) is 0.727. The Morgan fingerprint density at radius 2 is 1.75 bits per heavy atom. The molecule has 2 fully saturated rings. The zero-order chi connectivity index (χ0) is 24.5. The van der Waals surface area contributed by atoms with Crippen molar-refractivity contribution in [1.29, 1.82) is 0 Å². The van der Waals surface area contributed by atoms with Crippen LogP contribution < -0.4 is 10.1 Å². The van der Waals surface area contributed by atoms with Crippen molar-refractivity contribution in [2.75, 3.05) is 13.2 Å². The van der Waals surface area contributed by atoms with Crippen LogP contribution in [-0.2, 0) is 12.1 Å². The van der Waals surface area contributed by atoms with Gasteiger partial charge in [0.1, 0.15) is 12.4 Å². The summed E-state index contributed by atoms with van der Waals surface area (Å²) in [5.41, 5.74) is 3.90. The molecule has 182 valence electrons. The van der Waals surface area contributed by atoms with Gasteiger partial charge in [0.25, 0.3) is 5.91 Å². The summed E-state index contributed by atoms with van der Waals surface area (Å²) in [7, 11) is 0. The summed E-state index contributed by atoms with van der Waals surface area (Å²) in [6, 6.07) is 31.6. The number of aryl methyl sites for hydroxylation is 1. The number of carbonyl (C=O) groups is 1. The maximum atomic E-state index is 13.5. The van der Waals surface area contributed by atoms with E-state index in [0.717, 1.165) is 43.7 Å². The molecular weight excluding hydrogens is 444 g/mol. The molecule has 4 aromatic rings. The van der Waals surface area contributed by atoms with Gasteiger partial charge < -0.3 is 10.1 Å². The van der Waals surface area contributed by atoms with Gasteiger partial charge in [-0.2, -0.15) is 0 Å². The van der Waals surface area contributed by atoms with Crippen LogP contribution in [0.5, 0.6) is 5.75 Å². The zero-order valence-corrected chi connectivity index (χ0v) is 20.7. The molecule has 2 aliphatic rings. The molecule has 1 saturated carbocycles. The Balaban J connectivity index is 1.13. The standard InChI is InChI=1S/C32H32N2O2/c1-23-14-15-27(36-22-26-16-19-34(26)21-24-8-3-2-4-9-24)20-29(23)31(35)33-32(17-18-32)30-13-7-11-25-10-5-6-12-28(25)30/h2-15,20,26H,16-19,21-22H2,1H3,(H,33,35). The van der Waals surface area contributed by atoms with E-state index in [9.17, 15) is 4.79 Å². The monoisotopic (exact) mass is 476 g/mol. The van der Waals surface area contributed by atoms with E-state index in [4.69, 9.17) is 4.74 Å². The van der Waals surface area contributed by atoms with Crippen LogP contribution in [0.4, 0.5) is 0 Å². The first-order valence-corrected chi connectivity index (χ1v) is 12.9. The van der Waals surface area contributed by atoms with Crippen molar-refractivity contribution in [1.82, 2.24) is 10.2 Å². The molecule has 1 saturated heterocycles. The van der Waals surface area contributed by atoms with Crippen molar-refractivity contribution in [3.8, 4) is 5.75 Å². The van der Waals surface area contributed by atoms with E-state index in [0.29, 0.717) is 18.2 Å². The zero-order valence-electron chi connectivity index (χ0n) is 20.7. The van der Waals surface area contributed by atoms with E-state index in [1.807, 2.05) is 25.1 Å². The molecule has 0 radical (unpaired) electrons. The highest BCUT2D eigenvalue weighted by Gasteiger charge is 2.46. The first kappa shape index (κ1) is 22.8. The van der Waals surface area contributed by atoms with E-state index in [1.165, 1.54) is 21.9 Å². The van der Waals surface area contributed by atoms with Gasteiger partial charge in [-0.15, -0.1) is 0 Å². The number of nitrogens with one attached hydrogen (secondary N) is 1. The molecule has 0 spiro atoms. The minimum Gasteiger partial charge on any atom is -0.492 e. The van der Waals surface area contributed by atoms with Gasteiger partial charge in [-0.1, -0.05) is 78.9 Å². The van der Waals surface area contributed by atoms with Gasteiger partial charge in [0, 0.05) is 24.7 Å². The molecule has 1 unspecified atom stereocenters. The average molecular weight is 477 g/mol. The van der Waals surface area contributed by atoms with E-state index >= 15 is 0 Å². The van der Waals surface area contributed by atoms with E-state index < -0.39 is 0 Å². The molecular formula is C32H32N2O2. The highest BCUT2D eigenvalue weighted by Crippen LogP contribution is 2.48. The predicted molar refractivity (Wildman–Crippen MR) is 144 cm³/mol. The van der Waals surface area contributed by atoms with Crippen molar-refractivity contribution in [2.24, 2.45) is 0 Å². The Morgan fingerprint density at radius 3 is 2.53 bits per heavy atom. The summed E-state index contributed by atoms with van der Waals surface area (Å²) < 4.78 is 6.19. The van der Waals surface area contributed by atoms with Gasteiger partial charge in [-0.3, -0.25) is 9.69 Å². The summed E-state index contributed by atoms with van der Waals surface area (Å²) in [5, 5.41) is 5.80. The van der Waals surface area contributed by atoms with Crippen LogP contribution in [0.25, 0.3) is 10.8 Å². The molecule has 1 amide bonds. The number of ether oxygens (including phenoxy) is 1. The van der Waals surface area contributed by atoms with E-state index in [2.05, 4.69) is 83.0 Å². The van der Waals surface area contributed by atoms with Crippen LogP contribution in [0.3, 0.4) is 0 Å². The second-order valence-electron chi connectivity index (χ2n) is 10.2. The Bertz CT molecular complexity index is 1390. The summed E-state index contributed by atoms with van der Waals surface area (Å²) in [6.45, 7) is 4.67. The normalized spacial score (nSPS) is 18.4. The minimum atomic E-state index is -0.287. The maximum absolute atomic E-state index is 13.5. The van der Waals surface area contributed by atoms with Crippen LogP contribution >= 0.6 is 0 Å². The lowest BCUT2D eigenvalue weighted by molar-refractivity contribution is 0.0436. The molecule has 36 heavy (non-hydrogen) atoms. The SMILES string of the molecule is Cc1ccc(OCC2CCN2Cc2ccccc2)cc1C(=O)NC1(c2cccc3ccccc23)CC1. The second-order valence-corrected chi connectivity index (χ2v) is 10.2. The van der Waals surface area contributed by atoms with Crippen LogP contribution in [0, 0.1) is 6.92 Å². The van der Waals surface area contributed by atoms with Gasteiger partial charge in [0.05, 0.1) is 5.54 Å². The number of benzene rings is 4. The number of hydrogen-bond donors (Lipinski definition) is 1. The van der Waals surface area contributed by atoms with Crippen molar-refractivity contribution in [2.45, 2.75) is 44.3 Å². The quantitative estimate of drug-likeness (QED) is 0.328. The first-order chi connectivity index (χ1) is 17.6. The lowest BCUT2D eigenvalue weighted by Gasteiger charge is -2.40. The number of amides is 1. The number of fused-ring (bicyclic) bond motifs is 1. The molecule has 1 N–H and O–H groups in total. The Labute approximate surface area is 212 Å². The minimum absolute atomic E-state index is 0.0299. The van der Waals surface area contributed by atoms with Gasteiger partial charge in [-0.25, -0.2) is 0 Å². The Kier molecular flexibility index (Phi) is 5.98. The van der Waals surface area contributed by atoms with Gasteiger partial charge in [0.2, 0.25) is 0 Å². The first-order valence-electron chi connectivity index (χ1n) is 12.9. The van der Waals surface area contributed by atoms with Crippen molar-refractivity contribution >= 4 is 16.7 Å². The number of rotatable bonds is 8. The lowest BCUT2D eigenvalue weighted by atomic mass is 9.96. The summed E-state index contributed by atoms with van der Waals surface area (Å²) >= 11 is 0. The highest BCUT2D eigenvalue weighted by atomic mass is 16.5. The highest BCUT2D eigenvalue weighted by molar-refractivity contribution is 5.97. The fourth-order valence-corrected chi connectivity index (χ4v) is 5.35. The van der Waals surface area contributed by atoms with Crippen LogP contribution in [0.1, 0.15) is 46.3 Å². The smallest absolute Gasteiger partial charge is 0.252 e. The fourth-order valence-electron chi connectivity index (χ4n) is 5.35. The molecule has 0 aromatic heterocycles. The lowest BCUT2D eigenvalue weighted by Crippen LogP contribution is -2.50.